The smallest absolute Gasteiger partial charge is 0.140 e. The third-order valence-corrected chi connectivity index (χ3v) is 2.08. The first kappa shape index (κ1) is 8.94. The van der Waals surface area contributed by atoms with E-state index in [0.29, 0.717) is 11.0 Å². The zero-order valence-corrected chi connectivity index (χ0v) is 7.71. The third-order valence-electron chi connectivity index (χ3n) is 2.08. The molecular formula is C11H9FO2. The molecule has 0 spiro atoms. The van der Waals surface area contributed by atoms with Crippen molar-refractivity contribution in [3.63, 3.8) is 0 Å². The minimum Gasteiger partial charge on any atom is -0.464 e. The summed E-state index contributed by atoms with van der Waals surface area (Å²) in [6, 6.07) is 4.51. The van der Waals surface area contributed by atoms with Crippen molar-refractivity contribution in [2.45, 2.75) is 13.3 Å². The van der Waals surface area contributed by atoms with Gasteiger partial charge >= 0.3 is 0 Å². The average molecular weight is 192 g/mol. The first-order chi connectivity index (χ1) is 6.68. The Morgan fingerprint density at radius 2 is 2.21 bits per heavy atom. The van der Waals surface area contributed by atoms with E-state index in [1.165, 1.54) is 19.3 Å². The van der Waals surface area contributed by atoms with Crippen LogP contribution < -0.4 is 0 Å². The van der Waals surface area contributed by atoms with E-state index in [1.807, 2.05) is 0 Å². The van der Waals surface area contributed by atoms with E-state index in [0.717, 1.165) is 5.56 Å². The summed E-state index contributed by atoms with van der Waals surface area (Å²) >= 11 is 0. The quantitative estimate of drug-likeness (QED) is 0.732. The largest absolute Gasteiger partial charge is 0.464 e. The first-order valence-corrected chi connectivity index (χ1v) is 4.32. The molecule has 72 valence electrons. The first-order valence-electron chi connectivity index (χ1n) is 4.32. The van der Waals surface area contributed by atoms with Gasteiger partial charge in [0.2, 0.25) is 0 Å². The van der Waals surface area contributed by atoms with Gasteiger partial charge in [-0.15, -0.1) is 0 Å². The van der Waals surface area contributed by atoms with Crippen LogP contribution in [0.5, 0.6) is 0 Å². The number of rotatable bonds is 2. The molecule has 0 saturated heterocycles. The molecule has 2 rings (SSSR count). The molecule has 0 bridgehead atoms. The number of hydrogen-bond acceptors (Lipinski definition) is 2. The number of benzene rings is 1. The van der Waals surface area contributed by atoms with Gasteiger partial charge in [-0.1, -0.05) is 6.07 Å². The van der Waals surface area contributed by atoms with Crippen LogP contribution in [0.1, 0.15) is 12.5 Å². The maximum atomic E-state index is 13.2. The zero-order chi connectivity index (χ0) is 10.1. The van der Waals surface area contributed by atoms with Gasteiger partial charge in [-0.3, -0.25) is 4.79 Å². The van der Waals surface area contributed by atoms with E-state index >= 15 is 0 Å². The molecule has 0 atom stereocenters. The number of ketones is 1. The molecule has 0 fully saturated rings. The number of carbonyl (C=O) groups excluding carboxylic acids is 1. The molecule has 1 aromatic heterocycles. The van der Waals surface area contributed by atoms with Crippen molar-refractivity contribution >= 4 is 16.8 Å². The van der Waals surface area contributed by atoms with Crippen molar-refractivity contribution in [3.05, 3.63) is 35.8 Å². The van der Waals surface area contributed by atoms with Crippen molar-refractivity contribution in [2.75, 3.05) is 0 Å². The summed E-state index contributed by atoms with van der Waals surface area (Å²) < 4.78 is 18.3. The van der Waals surface area contributed by atoms with Gasteiger partial charge < -0.3 is 4.42 Å². The topological polar surface area (TPSA) is 30.2 Å². The average Bonchev–Trinajstić information content (AvgIpc) is 2.58. The summed E-state index contributed by atoms with van der Waals surface area (Å²) in [4.78, 5) is 10.9. The molecular weight excluding hydrogens is 183 g/mol. The van der Waals surface area contributed by atoms with Crippen LogP contribution in [0.25, 0.3) is 11.0 Å². The summed E-state index contributed by atoms with van der Waals surface area (Å²) in [6.45, 7) is 1.50. The highest BCUT2D eigenvalue weighted by atomic mass is 19.1. The van der Waals surface area contributed by atoms with Crippen molar-refractivity contribution in [1.29, 1.82) is 0 Å². The molecule has 0 saturated carbocycles. The Morgan fingerprint density at radius 3 is 2.93 bits per heavy atom. The Bertz CT molecular complexity index is 485. The second-order valence-corrected chi connectivity index (χ2v) is 3.25. The van der Waals surface area contributed by atoms with E-state index < -0.39 is 0 Å². The van der Waals surface area contributed by atoms with Gasteiger partial charge in [0, 0.05) is 12.0 Å². The molecule has 2 aromatic rings. The molecule has 0 aliphatic carbocycles. The van der Waals surface area contributed by atoms with E-state index in [4.69, 9.17) is 4.42 Å². The minimum atomic E-state index is -0.318. The van der Waals surface area contributed by atoms with Gasteiger partial charge in [0.05, 0.1) is 11.6 Å². The SMILES string of the molecule is CC(=O)Cc1ccc(F)c2ccoc12. The number of carbonyl (C=O) groups is 1. The molecule has 3 heteroatoms. The van der Waals surface area contributed by atoms with Crippen molar-refractivity contribution in [1.82, 2.24) is 0 Å². The monoisotopic (exact) mass is 192 g/mol. The summed E-state index contributed by atoms with van der Waals surface area (Å²) in [5.74, 6) is -0.282. The van der Waals surface area contributed by atoms with Gasteiger partial charge in [-0.05, 0) is 19.1 Å². The molecule has 0 N–H and O–H groups in total. The second kappa shape index (κ2) is 3.25. The molecule has 1 aromatic carbocycles. The highest BCUT2D eigenvalue weighted by Gasteiger charge is 2.09. The highest BCUT2D eigenvalue weighted by Crippen LogP contribution is 2.23. The zero-order valence-electron chi connectivity index (χ0n) is 7.71. The van der Waals surface area contributed by atoms with Crippen molar-refractivity contribution in [3.8, 4) is 0 Å². The minimum absolute atomic E-state index is 0.0364. The van der Waals surface area contributed by atoms with Gasteiger partial charge in [-0.25, -0.2) is 4.39 Å². The van der Waals surface area contributed by atoms with Gasteiger partial charge in [0.15, 0.2) is 0 Å². The number of furan rings is 1. The normalized spacial score (nSPS) is 10.7. The lowest BCUT2D eigenvalue weighted by molar-refractivity contribution is -0.116. The van der Waals surface area contributed by atoms with Gasteiger partial charge in [-0.2, -0.15) is 0 Å². The lowest BCUT2D eigenvalue weighted by Gasteiger charge is -1.99. The van der Waals surface area contributed by atoms with Crippen LogP contribution in [-0.4, -0.2) is 5.78 Å². The predicted octanol–water partition coefficient (Wildman–Crippen LogP) is 2.70. The molecule has 1 heterocycles. The Balaban J connectivity index is 2.60. The van der Waals surface area contributed by atoms with Crippen LogP contribution in [0, 0.1) is 5.82 Å². The number of halogens is 1. The molecule has 0 radical (unpaired) electrons. The lowest BCUT2D eigenvalue weighted by Crippen LogP contribution is -1.96. The van der Waals surface area contributed by atoms with Gasteiger partial charge in [0.25, 0.3) is 0 Å². The van der Waals surface area contributed by atoms with Crippen LogP contribution >= 0.6 is 0 Å². The summed E-state index contributed by atoms with van der Waals surface area (Å²) in [6.07, 6.45) is 1.71. The Hall–Kier alpha value is -1.64. The fraction of sp³-hybridized carbons (Fsp3) is 0.182. The molecule has 0 aliphatic heterocycles. The van der Waals surface area contributed by atoms with E-state index in [1.54, 1.807) is 12.1 Å². The summed E-state index contributed by atoms with van der Waals surface area (Å²) in [7, 11) is 0. The summed E-state index contributed by atoms with van der Waals surface area (Å²) in [5.41, 5.74) is 1.21. The van der Waals surface area contributed by atoms with E-state index in [2.05, 4.69) is 0 Å². The van der Waals surface area contributed by atoms with Crippen LogP contribution in [-0.2, 0) is 11.2 Å². The van der Waals surface area contributed by atoms with Crippen molar-refractivity contribution in [2.24, 2.45) is 0 Å². The maximum Gasteiger partial charge on any atom is 0.140 e. The molecule has 0 unspecified atom stereocenters. The highest BCUT2D eigenvalue weighted by molar-refractivity contribution is 5.86. The van der Waals surface area contributed by atoms with Crippen LogP contribution in [0.3, 0.4) is 0 Å². The van der Waals surface area contributed by atoms with E-state index in [9.17, 15) is 9.18 Å². The molecule has 0 amide bonds. The second-order valence-electron chi connectivity index (χ2n) is 3.25. The Labute approximate surface area is 80.3 Å². The Morgan fingerprint density at radius 1 is 1.43 bits per heavy atom. The predicted molar refractivity (Wildman–Crippen MR) is 50.6 cm³/mol. The van der Waals surface area contributed by atoms with Gasteiger partial charge in [0.1, 0.15) is 17.2 Å². The molecule has 2 nitrogen and oxygen atoms in total. The van der Waals surface area contributed by atoms with Crippen LogP contribution in [0.15, 0.2) is 28.9 Å². The summed E-state index contributed by atoms with van der Waals surface area (Å²) in [5, 5.41) is 0.434. The maximum absolute atomic E-state index is 13.2. The number of Topliss-reactive ketones (excluding diaryl/α,β-unsaturated/α-hetero) is 1. The number of hydrogen-bond donors (Lipinski definition) is 0. The molecule has 0 aliphatic rings. The van der Waals surface area contributed by atoms with Crippen LogP contribution in [0.2, 0.25) is 0 Å². The van der Waals surface area contributed by atoms with E-state index in [-0.39, 0.29) is 18.0 Å². The molecule has 14 heavy (non-hydrogen) atoms. The van der Waals surface area contributed by atoms with Crippen molar-refractivity contribution < 1.29 is 13.6 Å². The van der Waals surface area contributed by atoms with Crippen LogP contribution in [0.4, 0.5) is 4.39 Å². The Kier molecular flexibility index (Phi) is 2.08. The fourth-order valence-corrected chi connectivity index (χ4v) is 1.49. The standard InChI is InChI=1S/C11H9FO2/c1-7(13)6-8-2-3-10(12)9-4-5-14-11(8)9/h2-5H,6H2,1H3. The number of fused-ring (bicyclic) bond motifs is 1. The fourth-order valence-electron chi connectivity index (χ4n) is 1.49. The third kappa shape index (κ3) is 1.41. The lowest BCUT2D eigenvalue weighted by atomic mass is 10.1.